The summed E-state index contributed by atoms with van der Waals surface area (Å²) in [6.45, 7) is 1.02. The number of hydrogen-bond donors (Lipinski definition) is 1. The lowest BCUT2D eigenvalue weighted by molar-refractivity contribution is 0.0697. The Bertz CT molecular complexity index is 687. The number of para-hydroxylation sites is 3. The number of rotatable bonds is 2. The van der Waals surface area contributed by atoms with Crippen LogP contribution in [-0.4, -0.2) is 24.2 Å². The molecule has 0 saturated carbocycles. The Morgan fingerprint density at radius 3 is 2.81 bits per heavy atom. The quantitative estimate of drug-likeness (QED) is 0.919. The van der Waals surface area contributed by atoms with Crippen LogP contribution in [0.5, 0.6) is 5.75 Å². The number of hydrogen-bond acceptors (Lipinski definition) is 3. The van der Waals surface area contributed by atoms with Gasteiger partial charge in [0.05, 0.1) is 23.5 Å². The van der Waals surface area contributed by atoms with Crippen LogP contribution in [0.3, 0.4) is 0 Å². The number of carboxylic acid groups (broad SMARTS) is 1. The maximum Gasteiger partial charge on any atom is 0.337 e. The first-order valence-corrected chi connectivity index (χ1v) is 6.69. The summed E-state index contributed by atoms with van der Waals surface area (Å²) in [6.07, 6.45) is 0.683. The molecule has 4 nitrogen and oxygen atoms in total. The third-order valence-corrected chi connectivity index (χ3v) is 3.43. The molecule has 0 fully saturated rings. The van der Waals surface area contributed by atoms with Crippen LogP contribution in [0.15, 0.2) is 42.5 Å². The van der Waals surface area contributed by atoms with Crippen LogP contribution in [0.25, 0.3) is 0 Å². The van der Waals surface area contributed by atoms with Gasteiger partial charge in [-0.2, -0.15) is 0 Å². The molecule has 2 aromatic rings. The maximum atomic E-state index is 14.3. The molecule has 0 unspecified atom stereocenters. The van der Waals surface area contributed by atoms with Gasteiger partial charge in [0, 0.05) is 6.54 Å². The first kappa shape index (κ1) is 13.4. The summed E-state index contributed by atoms with van der Waals surface area (Å²) in [5.41, 5.74) is 0.720. The van der Waals surface area contributed by atoms with Crippen molar-refractivity contribution in [1.82, 2.24) is 0 Å². The van der Waals surface area contributed by atoms with Gasteiger partial charge < -0.3 is 14.7 Å². The van der Waals surface area contributed by atoms with Crippen molar-refractivity contribution in [3.63, 3.8) is 0 Å². The lowest BCUT2D eigenvalue weighted by Crippen LogP contribution is -2.21. The van der Waals surface area contributed by atoms with Gasteiger partial charge >= 0.3 is 5.97 Å². The zero-order valence-electron chi connectivity index (χ0n) is 11.3. The predicted molar refractivity (Wildman–Crippen MR) is 76.9 cm³/mol. The molecule has 1 aliphatic heterocycles. The number of halogens is 1. The summed E-state index contributed by atoms with van der Waals surface area (Å²) >= 11 is 0. The van der Waals surface area contributed by atoms with Crippen LogP contribution in [0, 0.1) is 5.82 Å². The van der Waals surface area contributed by atoms with Gasteiger partial charge in [0.15, 0.2) is 0 Å². The lowest BCUT2D eigenvalue weighted by Gasteiger charge is -2.25. The molecule has 21 heavy (non-hydrogen) atoms. The molecule has 1 N–H and O–H groups in total. The highest BCUT2D eigenvalue weighted by Crippen LogP contribution is 2.38. The minimum absolute atomic E-state index is 0.0493. The smallest absolute Gasteiger partial charge is 0.337 e. The standard InChI is InChI=1S/C16H14FNO3/c17-12-6-3-5-11(16(19)20)15(12)18-9-4-10-21-14-8-2-1-7-13(14)18/h1-3,5-8H,4,9-10H2,(H,19,20). The summed E-state index contributed by atoms with van der Waals surface area (Å²) in [7, 11) is 0. The van der Waals surface area contributed by atoms with E-state index in [0.717, 1.165) is 0 Å². The van der Waals surface area contributed by atoms with Gasteiger partial charge in [0.1, 0.15) is 11.6 Å². The monoisotopic (exact) mass is 287 g/mol. The third-order valence-electron chi connectivity index (χ3n) is 3.43. The Hall–Kier alpha value is -2.56. The van der Waals surface area contributed by atoms with Crippen molar-refractivity contribution in [2.75, 3.05) is 18.1 Å². The second kappa shape index (κ2) is 5.44. The van der Waals surface area contributed by atoms with E-state index in [4.69, 9.17) is 4.74 Å². The van der Waals surface area contributed by atoms with Gasteiger partial charge in [-0.05, 0) is 30.7 Å². The van der Waals surface area contributed by atoms with E-state index in [2.05, 4.69) is 0 Å². The Morgan fingerprint density at radius 1 is 1.19 bits per heavy atom. The van der Waals surface area contributed by atoms with E-state index in [0.29, 0.717) is 31.0 Å². The van der Waals surface area contributed by atoms with E-state index >= 15 is 0 Å². The Balaban J connectivity index is 2.19. The molecular weight excluding hydrogens is 273 g/mol. The minimum Gasteiger partial charge on any atom is -0.491 e. The summed E-state index contributed by atoms with van der Waals surface area (Å²) in [5, 5.41) is 9.31. The number of fused-ring (bicyclic) bond motifs is 1. The number of carboxylic acids is 1. The number of nitrogens with zero attached hydrogens (tertiary/aromatic N) is 1. The van der Waals surface area contributed by atoms with Gasteiger partial charge in [-0.25, -0.2) is 9.18 Å². The molecule has 0 aromatic heterocycles. The molecular formula is C16H14FNO3. The van der Waals surface area contributed by atoms with Crippen molar-refractivity contribution in [2.24, 2.45) is 0 Å². The summed E-state index contributed by atoms with van der Waals surface area (Å²) in [5.74, 6) is -1.06. The zero-order chi connectivity index (χ0) is 14.8. The number of aromatic carboxylic acids is 1. The lowest BCUT2D eigenvalue weighted by atomic mass is 10.1. The highest BCUT2D eigenvalue weighted by Gasteiger charge is 2.24. The fourth-order valence-electron chi connectivity index (χ4n) is 2.52. The van der Waals surface area contributed by atoms with Crippen molar-refractivity contribution in [2.45, 2.75) is 6.42 Å². The fourth-order valence-corrected chi connectivity index (χ4v) is 2.52. The van der Waals surface area contributed by atoms with E-state index in [-0.39, 0.29) is 11.3 Å². The normalized spacial score (nSPS) is 14.0. The summed E-state index contributed by atoms with van der Waals surface area (Å²) in [4.78, 5) is 13.1. The number of carbonyl (C=O) groups is 1. The van der Waals surface area contributed by atoms with E-state index < -0.39 is 11.8 Å². The van der Waals surface area contributed by atoms with Crippen LogP contribution in [0.1, 0.15) is 16.8 Å². The molecule has 0 amide bonds. The number of anilines is 2. The molecule has 0 aliphatic carbocycles. The van der Waals surface area contributed by atoms with Gasteiger partial charge in [-0.15, -0.1) is 0 Å². The molecule has 1 heterocycles. The van der Waals surface area contributed by atoms with E-state index in [9.17, 15) is 14.3 Å². The van der Waals surface area contributed by atoms with E-state index in [1.54, 1.807) is 17.0 Å². The molecule has 0 radical (unpaired) electrons. The third kappa shape index (κ3) is 2.42. The van der Waals surface area contributed by atoms with Crippen molar-refractivity contribution in [3.05, 3.63) is 53.8 Å². The molecule has 1 aliphatic rings. The minimum atomic E-state index is -1.15. The molecule has 3 rings (SSSR count). The van der Waals surface area contributed by atoms with E-state index in [1.165, 1.54) is 18.2 Å². The van der Waals surface area contributed by atoms with Crippen LogP contribution in [0.4, 0.5) is 15.8 Å². The van der Waals surface area contributed by atoms with Crippen LogP contribution in [0.2, 0.25) is 0 Å². The van der Waals surface area contributed by atoms with Crippen LogP contribution >= 0.6 is 0 Å². The van der Waals surface area contributed by atoms with Crippen molar-refractivity contribution >= 4 is 17.3 Å². The average molecular weight is 287 g/mol. The average Bonchev–Trinajstić information content (AvgIpc) is 2.69. The van der Waals surface area contributed by atoms with Crippen LogP contribution < -0.4 is 9.64 Å². The molecule has 0 spiro atoms. The molecule has 0 bridgehead atoms. The summed E-state index contributed by atoms with van der Waals surface area (Å²) in [6, 6.07) is 11.4. The molecule has 0 atom stereocenters. The molecule has 108 valence electrons. The Kier molecular flexibility index (Phi) is 3.48. The van der Waals surface area contributed by atoms with Gasteiger partial charge in [-0.1, -0.05) is 18.2 Å². The van der Waals surface area contributed by atoms with Gasteiger partial charge in [0.2, 0.25) is 0 Å². The zero-order valence-corrected chi connectivity index (χ0v) is 11.3. The predicted octanol–water partition coefficient (Wildman–Crippen LogP) is 3.44. The second-order valence-corrected chi connectivity index (χ2v) is 4.76. The largest absolute Gasteiger partial charge is 0.491 e. The highest BCUT2D eigenvalue weighted by molar-refractivity contribution is 5.96. The van der Waals surface area contributed by atoms with Crippen molar-refractivity contribution in [3.8, 4) is 5.75 Å². The van der Waals surface area contributed by atoms with Gasteiger partial charge in [-0.3, -0.25) is 0 Å². The number of benzene rings is 2. The summed E-state index contributed by atoms with van der Waals surface area (Å²) < 4.78 is 19.9. The van der Waals surface area contributed by atoms with Crippen molar-refractivity contribution in [1.29, 1.82) is 0 Å². The fraction of sp³-hybridized carbons (Fsp3) is 0.188. The first-order valence-electron chi connectivity index (χ1n) is 6.69. The Labute approximate surface area is 121 Å². The molecule has 5 heteroatoms. The van der Waals surface area contributed by atoms with Gasteiger partial charge in [0.25, 0.3) is 0 Å². The second-order valence-electron chi connectivity index (χ2n) is 4.76. The number of ether oxygens (including phenoxy) is 1. The SMILES string of the molecule is O=C(O)c1cccc(F)c1N1CCCOc2ccccc21. The van der Waals surface area contributed by atoms with Crippen molar-refractivity contribution < 1.29 is 19.0 Å². The topological polar surface area (TPSA) is 49.8 Å². The maximum absolute atomic E-state index is 14.3. The first-order chi connectivity index (χ1) is 10.2. The van der Waals surface area contributed by atoms with Crippen LogP contribution in [-0.2, 0) is 0 Å². The Morgan fingerprint density at radius 2 is 2.00 bits per heavy atom. The van der Waals surface area contributed by atoms with E-state index in [1.807, 2.05) is 12.1 Å². The molecule has 2 aromatic carbocycles. The molecule has 0 saturated heterocycles. The highest BCUT2D eigenvalue weighted by atomic mass is 19.1.